The molecule has 0 N–H and O–H groups in total. The van der Waals surface area contributed by atoms with Gasteiger partial charge in [-0.25, -0.2) is 4.39 Å². The second kappa shape index (κ2) is 10.6. The molecule has 0 saturated carbocycles. The lowest BCUT2D eigenvalue weighted by molar-refractivity contribution is -0.139. The molecule has 1 heterocycles. The molecule has 2 amide bonds. The van der Waals surface area contributed by atoms with Crippen LogP contribution in [0.25, 0.3) is 0 Å². The van der Waals surface area contributed by atoms with Crippen LogP contribution in [0.15, 0.2) is 54.6 Å². The van der Waals surface area contributed by atoms with Crippen molar-refractivity contribution in [2.75, 3.05) is 32.8 Å². The van der Waals surface area contributed by atoms with Gasteiger partial charge in [-0.2, -0.15) is 0 Å². The normalized spacial score (nSPS) is 14.0. The standard InChI is InChI=1S/C23H27FN2O3/c24-20-7-4-6-19(18-20)11-12-23(28)26-15-13-25(14-16-26)22(27)10-5-17-29-21-8-2-1-3-9-21/h1-4,6-9,18H,5,10-17H2. The van der Waals surface area contributed by atoms with Crippen LogP contribution >= 0.6 is 0 Å². The molecular weight excluding hydrogens is 371 g/mol. The van der Waals surface area contributed by atoms with Gasteiger partial charge in [0.05, 0.1) is 6.61 Å². The lowest BCUT2D eigenvalue weighted by Crippen LogP contribution is -2.50. The number of amides is 2. The minimum atomic E-state index is -0.281. The molecule has 0 radical (unpaired) electrons. The van der Waals surface area contributed by atoms with Gasteiger partial charge >= 0.3 is 0 Å². The highest BCUT2D eigenvalue weighted by atomic mass is 19.1. The number of carbonyl (C=O) groups excluding carboxylic acids is 2. The molecule has 1 aliphatic heterocycles. The van der Waals surface area contributed by atoms with Gasteiger partial charge in [-0.3, -0.25) is 9.59 Å². The first kappa shape index (κ1) is 20.8. The highest BCUT2D eigenvalue weighted by molar-refractivity contribution is 5.78. The van der Waals surface area contributed by atoms with E-state index in [0.29, 0.717) is 58.5 Å². The van der Waals surface area contributed by atoms with Crippen molar-refractivity contribution < 1.29 is 18.7 Å². The smallest absolute Gasteiger partial charge is 0.223 e. The summed E-state index contributed by atoms with van der Waals surface area (Å²) in [6.07, 6.45) is 1.99. The number of nitrogens with zero attached hydrogens (tertiary/aromatic N) is 2. The lowest BCUT2D eigenvalue weighted by atomic mass is 10.1. The number of carbonyl (C=O) groups is 2. The average Bonchev–Trinajstić information content (AvgIpc) is 2.76. The van der Waals surface area contributed by atoms with Crippen LogP contribution in [0.5, 0.6) is 5.75 Å². The van der Waals surface area contributed by atoms with E-state index in [4.69, 9.17) is 4.74 Å². The van der Waals surface area contributed by atoms with E-state index < -0.39 is 0 Å². The van der Waals surface area contributed by atoms with Crippen LogP contribution in [0, 0.1) is 5.82 Å². The first-order valence-corrected chi connectivity index (χ1v) is 10.1. The third kappa shape index (κ3) is 6.59. The molecule has 154 valence electrons. The molecule has 3 rings (SSSR count). The molecule has 0 aromatic heterocycles. The molecule has 1 aliphatic rings. The number of halogens is 1. The van der Waals surface area contributed by atoms with Crippen molar-refractivity contribution in [1.29, 1.82) is 0 Å². The van der Waals surface area contributed by atoms with Gasteiger partial charge in [0.2, 0.25) is 11.8 Å². The average molecular weight is 398 g/mol. The van der Waals surface area contributed by atoms with Gasteiger partial charge in [0.1, 0.15) is 11.6 Å². The number of rotatable bonds is 8. The fourth-order valence-corrected chi connectivity index (χ4v) is 3.40. The minimum absolute atomic E-state index is 0.0534. The number of hydrogen-bond donors (Lipinski definition) is 0. The van der Waals surface area contributed by atoms with Crippen LogP contribution < -0.4 is 4.74 Å². The molecule has 0 spiro atoms. The van der Waals surface area contributed by atoms with Crippen LogP contribution in [0.4, 0.5) is 4.39 Å². The first-order valence-electron chi connectivity index (χ1n) is 10.1. The molecule has 5 nitrogen and oxygen atoms in total. The van der Waals surface area contributed by atoms with E-state index in [0.717, 1.165) is 11.3 Å². The highest BCUT2D eigenvalue weighted by Gasteiger charge is 2.23. The minimum Gasteiger partial charge on any atom is -0.494 e. The Kier molecular flexibility index (Phi) is 7.61. The number of aryl methyl sites for hydroxylation is 1. The zero-order valence-electron chi connectivity index (χ0n) is 16.6. The molecule has 1 saturated heterocycles. The SMILES string of the molecule is O=C(CCCOc1ccccc1)N1CCN(C(=O)CCc2cccc(F)c2)CC1. The summed E-state index contributed by atoms with van der Waals surface area (Å²) in [5.74, 6) is 0.688. The second-order valence-corrected chi connectivity index (χ2v) is 7.16. The number of hydrogen-bond acceptors (Lipinski definition) is 3. The lowest BCUT2D eigenvalue weighted by Gasteiger charge is -2.35. The Morgan fingerprint density at radius 3 is 2.17 bits per heavy atom. The maximum absolute atomic E-state index is 13.2. The van der Waals surface area contributed by atoms with Crippen molar-refractivity contribution in [3.05, 3.63) is 66.0 Å². The van der Waals surface area contributed by atoms with E-state index in [1.807, 2.05) is 41.3 Å². The number of para-hydroxylation sites is 1. The zero-order valence-corrected chi connectivity index (χ0v) is 16.6. The Bertz CT molecular complexity index is 805. The summed E-state index contributed by atoms with van der Waals surface area (Å²) < 4.78 is 18.8. The van der Waals surface area contributed by atoms with Crippen molar-refractivity contribution in [3.63, 3.8) is 0 Å². The maximum atomic E-state index is 13.2. The van der Waals surface area contributed by atoms with Gasteiger partial charge < -0.3 is 14.5 Å². The summed E-state index contributed by atoms with van der Waals surface area (Å²) in [6, 6.07) is 15.9. The summed E-state index contributed by atoms with van der Waals surface area (Å²) in [5.41, 5.74) is 0.824. The Hall–Kier alpha value is -2.89. The molecular formula is C23H27FN2O3. The summed E-state index contributed by atoms with van der Waals surface area (Å²) in [6.45, 7) is 2.73. The van der Waals surface area contributed by atoms with Gasteiger partial charge in [-0.15, -0.1) is 0 Å². The van der Waals surface area contributed by atoms with E-state index in [1.165, 1.54) is 12.1 Å². The van der Waals surface area contributed by atoms with Crippen LogP contribution in [0.1, 0.15) is 24.8 Å². The van der Waals surface area contributed by atoms with E-state index in [9.17, 15) is 14.0 Å². The van der Waals surface area contributed by atoms with Crippen LogP contribution in [-0.2, 0) is 16.0 Å². The predicted octanol–water partition coefficient (Wildman–Crippen LogP) is 3.29. The molecule has 0 atom stereocenters. The van der Waals surface area contributed by atoms with Gasteiger partial charge in [0.15, 0.2) is 0 Å². The van der Waals surface area contributed by atoms with Crippen LogP contribution in [0.3, 0.4) is 0 Å². The number of benzene rings is 2. The monoisotopic (exact) mass is 398 g/mol. The third-order valence-corrected chi connectivity index (χ3v) is 5.05. The largest absolute Gasteiger partial charge is 0.494 e. The molecule has 29 heavy (non-hydrogen) atoms. The first-order chi connectivity index (χ1) is 14.1. The number of piperazine rings is 1. The third-order valence-electron chi connectivity index (χ3n) is 5.05. The van der Waals surface area contributed by atoms with Crippen molar-refractivity contribution in [3.8, 4) is 5.75 Å². The summed E-state index contributed by atoms with van der Waals surface area (Å²) >= 11 is 0. The molecule has 0 bridgehead atoms. The molecule has 1 fully saturated rings. The fraction of sp³-hybridized carbons (Fsp3) is 0.391. The van der Waals surface area contributed by atoms with Gasteiger partial charge in [0.25, 0.3) is 0 Å². The van der Waals surface area contributed by atoms with E-state index >= 15 is 0 Å². The second-order valence-electron chi connectivity index (χ2n) is 7.16. The zero-order chi connectivity index (χ0) is 20.5. The Morgan fingerprint density at radius 2 is 1.52 bits per heavy atom. The van der Waals surface area contributed by atoms with E-state index in [2.05, 4.69) is 0 Å². The van der Waals surface area contributed by atoms with Gasteiger partial charge in [-0.05, 0) is 42.7 Å². The predicted molar refractivity (Wildman–Crippen MR) is 109 cm³/mol. The van der Waals surface area contributed by atoms with Crippen LogP contribution in [-0.4, -0.2) is 54.4 Å². The van der Waals surface area contributed by atoms with Gasteiger partial charge in [0, 0.05) is 39.0 Å². The van der Waals surface area contributed by atoms with Crippen molar-refractivity contribution in [1.82, 2.24) is 9.80 Å². The molecule has 2 aromatic carbocycles. The van der Waals surface area contributed by atoms with E-state index in [-0.39, 0.29) is 17.6 Å². The van der Waals surface area contributed by atoms with E-state index in [1.54, 1.807) is 11.0 Å². The molecule has 0 aliphatic carbocycles. The summed E-state index contributed by atoms with van der Waals surface area (Å²) in [4.78, 5) is 28.4. The Morgan fingerprint density at radius 1 is 0.862 bits per heavy atom. The fourth-order valence-electron chi connectivity index (χ4n) is 3.40. The topological polar surface area (TPSA) is 49.9 Å². The Balaban J connectivity index is 1.32. The van der Waals surface area contributed by atoms with Crippen molar-refractivity contribution in [2.24, 2.45) is 0 Å². The number of ether oxygens (including phenoxy) is 1. The quantitative estimate of drug-likeness (QED) is 0.641. The highest BCUT2D eigenvalue weighted by Crippen LogP contribution is 2.12. The van der Waals surface area contributed by atoms with Crippen molar-refractivity contribution >= 4 is 11.8 Å². The maximum Gasteiger partial charge on any atom is 0.223 e. The van der Waals surface area contributed by atoms with Gasteiger partial charge in [-0.1, -0.05) is 30.3 Å². The molecule has 6 heteroatoms. The molecule has 2 aromatic rings. The Labute approximate surface area is 171 Å². The van der Waals surface area contributed by atoms with Crippen LogP contribution in [0.2, 0.25) is 0 Å². The summed E-state index contributed by atoms with van der Waals surface area (Å²) in [7, 11) is 0. The molecule has 0 unspecified atom stereocenters. The summed E-state index contributed by atoms with van der Waals surface area (Å²) in [5, 5.41) is 0. The van der Waals surface area contributed by atoms with Crippen molar-refractivity contribution in [2.45, 2.75) is 25.7 Å².